The van der Waals surface area contributed by atoms with Gasteiger partial charge in [0.1, 0.15) is 0 Å². The Bertz CT molecular complexity index is 1080. The number of nitro benzene ring substituents is 1. The van der Waals surface area contributed by atoms with Crippen LogP contribution in [0, 0.1) is 10.1 Å². The fourth-order valence-corrected chi connectivity index (χ4v) is 3.63. The highest BCUT2D eigenvalue weighted by molar-refractivity contribution is 8.18. The lowest BCUT2D eigenvalue weighted by Crippen LogP contribution is -2.27. The predicted octanol–water partition coefficient (Wildman–Crippen LogP) is 3.77. The molecule has 0 unspecified atom stereocenters. The van der Waals surface area contributed by atoms with E-state index < -0.39 is 22.0 Å². The van der Waals surface area contributed by atoms with E-state index in [-0.39, 0.29) is 34.2 Å². The summed E-state index contributed by atoms with van der Waals surface area (Å²) in [7, 11) is 1.41. The molecule has 1 aliphatic rings. The second-order valence-corrected chi connectivity index (χ2v) is 7.15. The van der Waals surface area contributed by atoms with Crippen LogP contribution in [0.3, 0.4) is 0 Å². The molecule has 0 spiro atoms. The Hall–Kier alpha value is -3.66. The Morgan fingerprint density at radius 2 is 1.93 bits per heavy atom. The van der Waals surface area contributed by atoms with Crippen LogP contribution in [0.5, 0.6) is 11.5 Å². The van der Waals surface area contributed by atoms with E-state index in [9.17, 15) is 24.5 Å². The fraction of sp³-hybridized carbons (Fsp3) is 0.150. The van der Waals surface area contributed by atoms with Gasteiger partial charge in [0.05, 0.1) is 23.5 Å². The van der Waals surface area contributed by atoms with Crippen LogP contribution in [0.2, 0.25) is 0 Å². The average molecular weight is 428 g/mol. The van der Waals surface area contributed by atoms with Gasteiger partial charge in [-0.3, -0.25) is 29.4 Å². The molecule has 0 radical (unpaired) electrons. The number of imide groups is 1. The number of nitro groups is 1. The first-order valence-electron chi connectivity index (χ1n) is 8.64. The molecule has 0 aliphatic carbocycles. The van der Waals surface area contributed by atoms with Crippen LogP contribution in [0.25, 0.3) is 6.08 Å². The number of ether oxygens (including phenoxy) is 2. The Morgan fingerprint density at radius 3 is 2.60 bits per heavy atom. The zero-order valence-corrected chi connectivity index (χ0v) is 16.8. The Morgan fingerprint density at radius 1 is 1.20 bits per heavy atom. The van der Waals surface area contributed by atoms with Crippen LogP contribution < -0.4 is 9.47 Å². The van der Waals surface area contributed by atoms with Crippen molar-refractivity contribution in [3.63, 3.8) is 0 Å². The second-order valence-electron chi connectivity index (χ2n) is 6.16. The highest BCUT2D eigenvalue weighted by Gasteiger charge is 2.36. The van der Waals surface area contributed by atoms with Crippen molar-refractivity contribution < 1.29 is 28.8 Å². The van der Waals surface area contributed by atoms with Gasteiger partial charge in [-0.2, -0.15) is 0 Å². The minimum atomic E-state index is -0.554. The molecule has 30 heavy (non-hydrogen) atoms. The molecule has 0 atom stereocenters. The molecule has 0 aromatic heterocycles. The summed E-state index contributed by atoms with van der Waals surface area (Å²) in [4.78, 5) is 48.0. The number of nitrogens with zero attached hydrogens (tertiary/aromatic N) is 2. The van der Waals surface area contributed by atoms with Crippen LogP contribution >= 0.6 is 11.8 Å². The molecule has 1 saturated heterocycles. The maximum Gasteiger partial charge on any atom is 0.308 e. The zero-order chi connectivity index (χ0) is 21.8. The van der Waals surface area contributed by atoms with E-state index in [0.29, 0.717) is 5.56 Å². The van der Waals surface area contributed by atoms with Crippen molar-refractivity contribution in [2.45, 2.75) is 13.5 Å². The third-order valence-corrected chi connectivity index (χ3v) is 5.04. The first-order valence-corrected chi connectivity index (χ1v) is 9.46. The quantitative estimate of drug-likeness (QED) is 0.224. The summed E-state index contributed by atoms with van der Waals surface area (Å²) in [5.74, 6) is -0.534. The van der Waals surface area contributed by atoms with Crippen molar-refractivity contribution in [3.8, 4) is 11.5 Å². The van der Waals surface area contributed by atoms with E-state index in [2.05, 4.69) is 0 Å². The number of amides is 2. The summed E-state index contributed by atoms with van der Waals surface area (Å²) in [6.45, 7) is 1.06. The summed E-state index contributed by atoms with van der Waals surface area (Å²) < 4.78 is 10.2. The molecule has 2 aromatic carbocycles. The average Bonchev–Trinajstić information content (AvgIpc) is 2.96. The topological polar surface area (TPSA) is 116 Å². The molecule has 1 fully saturated rings. The van der Waals surface area contributed by atoms with Crippen LogP contribution in [-0.4, -0.2) is 34.0 Å². The molecule has 2 aromatic rings. The molecule has 0 bridgehead atoms. The summed E-state index contributed by atoms with van der Waals surface area (Å²) in [5.41, 5.74) is 0.656. The lowest BCUT2D eigenvalue weighted by molar-refractivity contribution is -0.385. The van der Waals surface area contributed by atoms with Gasteiger partial charge < -0.3 is 9.47 Å². The van der Waals surface area contributed by atoms with Crippen molar-refractivity contribution >= 4 is 40.6 Å². The van der Waals surface area contributed by atoms with Gasteiger partial charge in [-0.05, 0) is 35.5 Å². The van der Waals surface area contributed by atoms with Crippen LogP contribution in [0.1, 0.15) is 18.1 Å². The lowest BCUT2D eigenvalue weighted by Gasteiger charge is -2.12. The third kappa shape index (κ3) is 4.49. The minimum Gasteiger partial charge on any atom is -0.493 e. The normalized spacial score (nSPS) is 14.9. The van der Waals surface area contributed by atoms with Crippen molar-refractivity contribution in [1.82, 2.24) is 4.90 Å². The Labute approximate surface area is 175 Å². The second kappa shape index (κ2) is 8.78. The summed E-state index contributed by atoms with van der Waals surface area (Å²) in [5, 5.41) is 10.7. The first kappa shape index (κ1) is 21.1. The van der Waals surface area contributed by atoms with Crippen LogP contribution in [0.4, 0.5) is 10.5 Å². The van der Waals surface area contributed by atoms with E-state index in [1.807, 2.05) is 0 Å². The monoisotopic (exact) mass is 428 g/mol. The van der Waals surface area contributed by atoms with Crippen LogP contribution in [-0.2, 0) is 16.1 Å². The first-order chi connectivity index (χ1) is 14.3. The van der Waals surface area contributed by atoms with Gasteiger partial charge in [0.2, 0.25) is 0 Å². The molecule has 10 heteroatoms. The number of carbonyl (C=O) groups excluding carboxylic acids is 3. The number of thioether (sulfide) groups is 1. The number of methoxy groups -OCH3 is 1. The van der Waals surface area contributed by atoms with Gasteiger partial charge in [-0.1, -0.05) is 24.3 Å². The molecular weight excluding hydrogens is 412 g/mol. The third-order valence-electron chi connectivity index (χ3n) is 4.13. The molecule has 0 saturated carbocycles. The number of rotatable bonds is 6. The maximum absolute atomic E-state index is 12.7. The fourth-order valence-electron chi connectivity index (χ4n) is 2.79. The number of benzene rings is 2. The molecule has 154 valence electrons. The summed E-state index contributed by atoms with van der Waals surface area (Å²) in [6, 6.07) is 10.6. The molecule has 2 amide bonds. The van der Waals surface area contributed by atoms with E-state index >= 15 is 0 Å². The van der Waals surface area contributed by atoms with Gasteiger partial charge in [-0.25, -0.2) is 0 Å². The molecule has 0 N–H and O–H groups in total. The highest BCUT2D eigenvalue weighted by atomic mass is 32.2. The SMILES string of the molecule is COc1cc(/C=C2\SC(=O)N(Cc3ccccc3[N+](=O)[O-])C2=O)ccc1OC(C)=O. The van der Waals surface area contributed by atoms with E-state index in [1.165, 1.54) is 44.4 Å². The van der Waals surface area contributed by atoms with Crippen molar-refractivity contribution in [2.75, 3.05) is 7.11 Å². The largest absolute Gasteiger partial charge is 0.493 e. The lowest BCUT2D eigenvalue weighted by atomic mass is 10.1. The molecule has 9 nitrogen and oxygen atoms in total. The number of esters is 1. The van der Waals surface area contributed by atoms with Crippen LogP contribution in [0.15, 0.2) is 47.4 Å². The van der Waals surface area contributed by atoms with E-state index in [4.69, 9.17) is 9.47 Å². The number of hydrogen-bond acceptors (Lipinski definition) is 8. The van der Waals surface area contributed by atoms with Crippen molar-refractivity contribution in [2.24, 2.45) is 0 Å². The van der Waals surface area contributed by atoms with Gasteiger partial charge in [0.25, 0.3) is 16.8 Å². The Kier molecular flexibility index (Phi) is 6.17. The number of carbonyl (C=O) groups is 3. The van der Waals surface area contributed by atoms with Gasteiger partial charge in [-0.15, -0.1) is 0 Å². The molecular formula is C20H16N2O7S. The van der Waals surface area contributed by atoms with Crippen molar-refractivity contribution in [1.29, 1.82) is 0 Å². The smallest absolute Gasteiger partial charge is 0.308 e. The summed E-state index contributed by atoms with van der Waals surface area (Å²) >= 11 is 0.741. The van der Waals surface area contributed by atoms with Gasteiger partial charge >= 0.3 is 5.97 Å². The standard InChI is InChI=1S/C20H16N2O7S/c1-12(23)29-16-8-7-13(9-17(16)28-2)10-18-19(24)21(20(25)30-18)11-14-5-3-4-6-15(14)22(26)27/h3-10H,11H2,1-2H3/b18-10-. The van der Waals surface area contributed by atoms with Gasteiger partial charge in [0.15, 0.2) is 11.5 Å². The molecule has 1 aliphatic heterocycles. The Balaban J connectivity index is 1.85. The van der Waals surface area contributed by atoms with E-state index in [1.54, 1.807) is 18.2 Å². The predicted molar refractivity (Wildman–Crippen MR) is 109 cm³/mol. The van der Waals surface area contributed by atoms with Crippen molar-refractivity contribution in [3.05, 3.63) is 68.6 Å². The van der Waals surface area contributed by atoms with Gasteiger partial charge in [0, 0.05) is 18.6 Å². The minimum absolute atomic E-state index is 0.161. The number of hydrogen-bond donors (Lipinski definition) is 0. The molecule has 1 heterocycles. The molecule has 3 rings (SSSR count). The highest BCUT2D eigenvalue weighted by Crippen LogP contribution is 2.36. The number of para-hydroxylation sites is 1. The maximum atomic E-state index is 12.7. The summed E-state index contributed by atoms with van der Waals surface area (Å²) in [6.07, 6.45) is 1.50. The zero-order valence-electron chi connectivity index (χ0n) is 16.0. The van der Waals surface area contributed by atoms with E-state index in [0.717, 1.165) is 16.7 Å².